The summed E-state index contributed by atoms with van der Waals surface area (Å²) < 4.78 is 18.7. The van der Waals surface area contributed by atoms with Crippen molar-refractivity contribution in [1.82, 2.24) is 10.3 Å². The van der Waals surface area contributed by atoms with Gasteiger partial charge in [0.1, 0.15) is 7.14 Å². The van der Waals surface area contributed by atoms with Gasteiger partial charge in [0.2, 0.25) is 0 Å². The summed E-state index contributed by atoms with van der Waals surface area (Å²) in [5.41, 5.74) is 7.77. The highest BCUT2D eigenvalue weighted by Gasteiger charge is 2.32. The lowest BCUT2D eigenvalue weighted by Gasteiger charge is -2.28. The number of anilines is 1. The normalized spacial score (nSPS) is 23.1. The number of ether oxygens (including phenoxy) is 1. The van der Waals surface area contributed by atoms with E-state index in [1.54, 1.807) is 11.3 Å². The molecule has 0 unspecified atom stereocenters. The van der Waals surface area contributed by atoms with E-state index in [1.165, 1.54) is 0 Å². The minimum Gasteiger partial charge on any atom is -0.447 e. The standard InChI is InChI=1S/C23H32N3O3PS/c1-15(2)29-23(27)26-18-8-5-16(6-9-18)22-25-14-21(31-22)19-10-7-17(24)13-20(19)30(28)11-3-4-12-30/h7,10,13-16,18H,3-6,8-9,11-12,24H2,1-2H3,(H,26,27). The summed E-state index contributed by atoms with van der Waals surface area (Å²) >= 11 is 1.71. The molecule has 1 saturated heterocycles. The quantitative estimate of drug-likeness (QED) is 0.463. The third-order valence-corrected chi connectivity index (χ3v) is 10.8. The van der Waals surface area contributed by atoms with E-state index in [4.69, 9.17) is 15.5 Å². The van der Waals surface area contributed by atoms with E-state index >= 15 is 0 Å². The molecule has 31 heavy (non-hydrogen) atoms. The van der Waals surface area contributed by atoms with Crippen LogP contribution in [0.4, 0.5) is 10.5 Å². The molecule has 4 rings (SSSR count). The van der Waals surface area contributed by atoms with E-state index in [9.17, 15) is 9.36 Å². The average molecular weight is 462 g/mol. The van der Waals surface area contributed by atoms with E-state index in [0.29, 0.717) is 11.6 Å². The number of nitrogen functional groups attached to an aromatic ring is 1. The first-order valence-electron chi connectivity index (χ1n) is 11.3. The Morgan fingerprint density at radius 2 is 1.94 bits per heavy atom. The van der Waals surface area contributed by atoms with Gasteiger partial charge in [0.15, 0.2) is 0 Å². The number of carbonyl (C=O) groups excluding carboxylic acids is 1. The predicted molar refractivity (Wildman–Crippen MR) is 128 cm³/mol. The third kappa shape index (κ3) is 5.15. The Labute approximate surface area is 188 Å². The van der Waals surface area contributed by atoms with Gasteiger partial charge < -0.3 is 20.4 Å². The van der Waals surface area contributed by atoms with Gasteiger partial charge in [-0.05, 0) is 64.5 Å². The Morgan fingerprint density at radius 1 is 1.23 bits per heavy atom. The summed E-state index contributed by atoms with van der Waals surface area (Å²) in [6.07, 6.45) is 8.96. The number of carbonyl (C=O) groups is 1. The third-order valence-electron chi connectivity index (χ3n) is 6.28. The van der Waals surface area contributed by atoms with Gasteiger partial charge in [0, 0.05) is 47.0 Å². The van der Waals surface area contributed by atoms with E-state index in [-0.39, 0.29) is 18.2 Å². The van der Waals surface area contributed by atoms with Crippen molar-refractivity contribution in [2.24, 2.45) is 0 Å². The van der Waals surface area contributed by atoms with Crippen molar-refractivity contribution in [1.29, 1.82) is 0 Å². The van der Waals surface area contributed by atoms with Crippen LogP contribution in [0.1, 0.15) is 63.3 Å². The first-order chi connectivity index (χ1) is 14.8. The van der Waals surface area contributed by atoms with Crippen LogP contribution in [-0.4, -0.2) is 35.5 Å². The summed E-state index contributed by atoms with van der Waals surface area (Å²) in [5.74, 6) is 0.401. The number of hydrogen-bond acceptors (Lipinski definition) is 6. The minimum absolute atomic E-state index is 0.108. The largest absolute Gasteiger partial charge is 0.447 e. The molecule has 1 aromatic carbocycles. The first kappa shape index (κ1) is 22.3. The van der Waals surface area contributed by atoms with Crippen molar-refractivity contribution in [2.45, 2.75) is 70.4 Å². The maximum Gasteiger partial charge on any atom is 0.407 e. The maximum atomic E-state index is 13.5. The molecule has 0 spiro atoms. The van der Waals surface area contributed by atoms with Gasteiger partial charge in [-0.2, -0.15) is 0 Å². The smallest absolute Gasteiger partial charge is 0.407 e. The van der Waals surface area contributed by atoms with Gasteiger partial charge in [0.05, 0.1) is 16.0 Å². The molecule has 2 aliphatic rings. The van der Waals surface area contributed by atoms with Crippen LogP contribution in [0.25, 0.3) is 10.4 Å². The van der Waals surface area contributed by atoms with Crippen molar-refractivity contribution < 1.29 is 14.1 Å². The van der Waals surface area contributed by atoms with Crippen molar-refractivity contribution in [3.05, 3.63) is 29.4 Å². The zero-order valence-corrected chi connectivity index (χ0v) is 20.0. The van der Waals surface area contributed by atoms with Gasteiger partial charge >= 0.3 is 6.09 Å². The van der Waals surface area contributed by atoms with E-state index in [2.05, 4.69) is 5.32 Å². The van der Waals surface area contributed by atoms with Gasteiger partial charge in [-0.25, -0.2) is 9.78 Å². The van der Waals surface area contributed by atoms with Gasteiger partial charge in [0.25, 0.3) is 0 Å². The molecule has 1 amide bonds. The summed E-state index contributed by atoms with van der Waals surface area (Å²) in [7, 11) is -2.36. The number of rotatable bonds is 5. The molecule has 2 aromatic rings. The number of alkyl carbamates (subject to hydrolysis) is 1. The second-order valence-corrected chi connectivity index (χ2v) is 13.2. The molecule has 1 aromatic heterocycles. The molecule has 1 aliphatic carbocycles. The molecular weight excluding hydrogens is 429 g/mol. The number of nitrogens with two attached hydrogens (primary N) is 1. The Morgan fingerprint density at radius 3 is 2.61 bits per heavy atom. The first-order valence-corrected chi connectivity index (χ1v) is 14.1. The molecule has 3 N–H and O–H groups in total. The second-order valence-electron chi connectivity index (χ2n) is 9.03. The Hall–Kier alpha value is -1.85. The maximum absolute atomic E-state index is 13.5. The van der Waals surface area contributed by atoms with Gasteiger partial charge in [-0.15, -0.1) is 11.3 Å². The Bertz CT molecular complexity index is 972. The van der Waals surface area contributed by atoms with Crippen molar-refractivity contribution >= 4 is 35.6 Å². The lowest BCUT2D eigenvalue weighted by molar-refractivity contribution is 0.109. The molecule has 6 nitrogen and oxygen atoms in total. The molecule has 1 saturated carbocycles. The number of thiazole rings is 1. The number of hydrogen-bond donors (Lipinski definition) is 2. The summed E-state index contributed by atoms with van der Waals surface area (Å²) in [6, 6.07) is 6.00. The summed E-state index contributed by atoms with van der Waals surface area (Å²) in [6.45, 7) is 3.71. The van der Waals surface area contributed by atoms with Crippen LogP contribution in [0.2, 0.25) is 0 Å². The topological polar surface area (TPSA) is 94.3 Å². The number of nitrogens with zero attached hydrogens (tertiary/aromatic N) is 1. The van der Waals surface area contributed by atoms with Crippen LogP contribution in [0, 0.1) is 0 Å². The van der Waals surface area contributed by atoms with E-state index < -0.39 is 7.14 Å². The fraction of sp³-hybridized carbons (Fsp3) is 0.565. The molecule has 2 heterocycles. The molecule has 8 heteroatoms. The van der Waals surface area contributed by atoms with Crippen molar-refractivity contribution in [3.8, 4) is 10.4 Å². The Balaban J connectivity index is 1.45. The predicted octanol–water partition coefficient (Wildman–Crippen LogP) is 5.34. The number of nitrogens with one attached hydrogen (secondary N) is 1. The Kier molecular flexibility index (Phi) is 6.73. The van der Waals surface area contributed by atoms with Crippen LogP contribution < -0.4 is 16.4 Å². The number of aromatic nitrogens is 1. The molecule has 2 fully saturated rings. The van der Waals surface area contributed by atoms with Crippen LogP contribution in [-0.2, 0) is 9.30 Å². The molecule has 0 atom stereocenters. The van der Waals surface area contributed by atoms with E-state index in [0.717, 1.165) is 71.6 Å². The lowest BCUT2D eigenvalue weighted by atomic mass is 9.86. The highest BCUT2D eigenvalue weighted by molar-refractivity contribution is 7.72. The van der Waals surface area contributed by atoms with E-state index in [1.807, 2.05) is 38.2 Å². The van der Waals surface area contributed by atoms with Crippen LogP contribution >= 0.6 is 18.5 Å². The SMILES string of the molecule is CC(C)OC(=O)NC1CCC(c2ncc(-c3ccc(N)cc3P3(=O)CCCC3)s2)CC1. The number of amides is 1. The molecule has 1 aliphatic heterocycles. The fourth-order valence-corrected chi connectivity index (χ4v) is 9.08. The van der Waals surface area contributed by atoms with Crippen LogP contribution in [0.5, 0.6) is 0 Å². The fourth-order valence-electron chi connectivity index (χ4n) is 4.68. The average Bonchev–Trinajstić information content (AvgIpc) is 3.38. The monoisotopic (exact) mass is 461 g/mol. The zero-order valence-electron chi connectivity index (χ0n) is 18.3. The molecular formula is C23H32N3O3PS. The summed E-state index contributed by atoms with van der Waals surface area (Å²) in [5, 5.41) is 5.05. The summed E-state index contributed by atoms with van der Waals surface area (Å²) in [4.78, 5) is 17.7. The molecule has 0 radical (unpaired) electrons. The highest BCUT2D eigenvalue weighted by atomic mass is 32.1. The molecule has 168 valence electrons. The zero-order chi connectivity index (χ0) is 22.0. The minimum atomic E-state index is -2.36. The van der Waals surface area contributed by atoms with Crippen LogP contribution in [0.15, 0.2) is 24.4 Å². The van der Waals surface area contributed by atoms with Crippen LogP contribution in [0.3, 0.4) is 0 Å². The van der Waals surface area contributed by atoms with Crippen molar-refractivity contribution in [2.75, 3.05) is 18.1 Å². The lowest BCUT2D eigenvalue weighted by Crippen LogP contribution is -2.38. The highest BCUT2D eigenvalue weighted by Crippen LogP contribution is 2.53. The molecule has 0 bridgehead atoms. The second kappa shape index (κ2) is 9.33. The van der Waals surface area contributed by atoms with Gasteiger partial charge in [-0.1, -0.05) is 6.07 Å². The van der Waals surface area contributed by atoms with Gasteiger partial charge in [-0.3, -0.25) is 0 Å². The number of benzene rings is 1. The van der Waals surface area contributed by atoms with Crippen molar-refractivity contribution in [3.63, 3.8) is 0 Å².